The molecular formula is C28H35Cl3N4O8. The zero-order valence-corrected chi connectivity index (χ0v) is 25.9. The first kappa shape index (κ1) is 34.6. The van der Waals surface area contributed by atoms with E-state index in [1.165, 1.54) is 25.1 Å². The molecule has 1 saturated carbocycles. The lowest BCUT2D eigenvalue weighted by atomic mass is 9.57. The lowest BCUT2D eigenvalue weighted by Gasteiger charge is -2.50. The Morgan fingerprint density at radius 1 is 1.14 bits per heavy atom. The molecule has 2 unspecified atom stereocenters. The summed E-state index contributed by atoms with van der Waals surface area (Å²) in [5.41, 5.74) is 1.59. The third-order valence-corrected chi connectivity index (χ3v) is 9.04. The standard InChI is InChI=1S/C28H33ClN4O8.2ClH/c1-32(2)21-14-9-12-8-13-10-15(29)20(31-16(34)11-33-6-4-3-5-7-33)23(36)17(13)22(35)18(12)25(38)28(14,41)26(39)19(24(21)37)27(30)40;;/h10,12,14,21,35-36,39,41H,3-9,11H2,1-2H3,(H2,30,40)(H,31,34);2*1H/t12?,14?,21-,28-;;/m0../s1. The Hall–Kier alpha value is -2.87. The summed E-state index contributed by atoms with van der Waals surface area (Å²) < 4.78 is 0. The number of Topliss-reactive ketones (excluding diaryl/α,β-unsaturated/α-hetero) is 2. The zero-order valence-electron chi connectivity index (χ0n) is 23.6. The van der Waals surface area contributed by atoms with Gasteiger partial charge in [0.25, 0.3) is 5.91 Å². The van der Waals surface area contributed by atoms with Crippen molar-refractivity contribution in [3.8, 4) is 5.75 Å². The number of nitrogens with zero attached hydrogens (tertiary/aromatic N) is 2. The van der Waals surface area contributed by atoms with Crippen molar-refractivity contribution in [2.45, 2.75) is 43.7 Å². The number of benzene rings is 1. The van der Waals surface area contributed by atoms with E-state index in [1.54, 1.807) is 0 Å². The number of rotatable bonds is 5. The topological polar surface area (TPSA) is 194 Å². The Kier molecular flexibility index (Phi) is 10.2. The first-order valence-electron chi connectivity index (χ1n) is 13.5. The monoisotopic (exact) mass is 660 g/mol. The molecule has 4 aliphatic rings. The summed E-state index contributed by atoms with van der Waals surface area (Å²) in [6.07, 6.45) is 3.14. The summed E-state index contributed by atoms with van der Waals surface area (Å²) in [7, 11) is 3.07. The molecule has 2 amide bonds. The van der Waals surface area contributed by atoms with E-state index in [0.717, 1.165) is 32.4 Å². The fraction of sp³-hybridized carbons (Fsp3) is 0.500. The number of likely N-dealkylation sites (N-methyl/N-ethyl adjacent to an activating group) is 1. The summed E-state index contributed by atoms with van der Waals surface area (Å²) in [6.45, 7) is 1.64. The van der Waals surface area contributed by atoms with Gasteiger partial charge in [0.05, 0.1) is 23.2 Å². The number of ketones is 2. The van der Waals surface area contributed by atoms with Crippen LogP contribution in [0.1, 0.15) is 36.8 Å². The highest BCUT2D eigenvalue weighted by molar-refractivity contribution is 6.34. The molecule has 2 fully saturated rings. The molecule has 0 spiro atoms. The largest absolute Gasteiger partial charge is 0.508 e. The predicted octanol–water partition coefficient (Wildman–Crippen LogP) is 1.89. The van der Waals surface area contributed by atoms with Crippen LogP contribution in [0, 0.1) is 11.8 Å². The normalized spacial score (nSPS) is 27.0. The number of aliphatic hydroxyl groups is 3. The highest BCUT2D eigenvalue weighted by Gasteiger charge is 2.64. The Balaban J connectivity index is 0.00000253. The molecule has 1 heterocycles. The second kappa shape index (κ2) is 12.6. The van der Waals surface area contributed by atoms with Gasteiger partial charge in [-0.2, -0.15) is 0 Å². The SMILES string of the molecule is CN(C)[C@@H]1C(=O)C(C(N)=O)=C(O)[C@@]2(O)C(=O)C3=C(O)c4c(cc(Cl)c(NC(=O)CN5CCCCC5)c4O)CC3CC12.Cl.Cl. The second-order valence-electron chi connectivity index (χ2n) is 11.5. The predicted molar refractivity (Wildman–Crippen MR) is 163 cm³/mol. The quantitative estimate of drug-likeness (QED) is 0.200. The number of carbonyl (C=O) groups is 4. The molecule has 43 heavy (non-hydrogen) atoms. The van der Waals surface area contributed by atoms with Crippen LogP contribution < -0.4 is 11.1 Å². The highest BCUT2D eigenvalue weighted by atomic mass is 35.5. The van der Waals surface area contributed by atoms with E-state index in [0.29, 0.717) is 5.56 Å². The van der Waals surface area contributed by atoms with Crippen molar-refractivity contribution in [1.29, 1.82) is 0 Å². The Morgan fingerprint density at radius 2 is 1.77 bits per heavy atom. The van der Waals surface area contributed by atoms with Gasteiger partial charge in [-0.1, -0.05) is 18.0 Å². The van der Waals surface area contributed by atoms with Crippen molar-refractivity contribution < 1.29 is 39.6 Å². The van der Waals surface area contributed by atoms with Crippen molar-refractivity contribution in [2.24, 2.45) is 17.6 Å². The minimum Gasteiger partial charge on any atom is -0.508 e. The van der Waals surface area contributed by atoms with Crippen LogP contribution in [-0.4, -0.2) is 99.0 Å². The summed E-state index contributed by atoms with van der Waals surface area (Å²) in [4.78, 5) is 55.4. The van der Waals surface area contributed by atoms with Gasteiger partial charge < -0.3 is 31.5 Å². The number of hydrogen-bond acceptors (Lipinski definition) is 10. The van der Waals surface area contributed by atoms with E-state index in [2.05, 4.69) is 5.32 Å². The molecule has 12 nitrogen and oxygen atoms in total. The molecule has 0 radical (unpaired) electrons. The van der Waals surface area contributed by atoms with E-state index in [1.807, 2.05) is 4.90 Å². The number of nitrogens with two attached hydrogens (primary N) is 1. The molecule has 15 heteroatoms. The Bertz CT molecular complexity index is 1440. The van der Waals surface area contributed by atoms with Gasteiger partial charge >= 0.3 is 0 Å². The van der Waals surface area contributed by atoms with Crippen LogP contribution in [0.2, 0.25) is 5.02 Å². The highest BCUT2D eigenvalue weighted by Crippen LogP contribution is 2.54. The number of piperidine rings is 1. The van der Waals surface area contributed by atoms with Crippen LogP contribution in [0.4, 0.5) is 5.69 Å². The number of fused-ring (bicyclic) bond motifs is 3. The van der Waals surface area contributed by atoms with Crippen molar-refractivity contribution in [1.82, 2.24) is 9.80 Å². The maximum Gasteiger partial charge on any atom is 0.255 e. The molecule has 236 valence electrons. The number of carbonyl (C=O) groups excluding carboxylic acids is 4. The lowest BCUT2D eigenvalue weighted by Crippen LogP contribution is -2.65. The number of amides is 2. The number of phenolic OH excluding ortho intramolecular Hbond substituents is 1. The number of phenols is 1. The molecule has 3 aliphatic carbocycles. The van der Waals surface area contributed by atoms with Crippen LogP contribution in [-0.2, 0) is 25.6 Å². The number of anilines is 1. The smallest absolute Gasteiger partial charge is 0.255 e. The molecule has 5 rings (SSSR count). The average Bonchev–Trinajstić information content (AvgIpc) is 2.88. The molecule has 1 aliphatic heterocycles. The van der Waals surface area contributed by atoms with Crippen LogP contribution in [0.15, 0.2) is 23.0 Å². The van der Waals surface area contributed by atoms with Crippen molar-refractivity contribution >= 4 is 71.2 Å². The van der Waals surface area contributed by atoms with E-state index < -0.39 is 69.7 Å². The van der Waals surface area contributed by atoms with Crippen LogP contribution >= 0.6 is 36.4 Å². The maximum atomic E-state index is 13.9. The average molecular weight is 662 g/mol. The van der Waals surface area contributed by atoms with Gasteiger partial charge in [-0.05, 0) is 70.4 Å². The number of halogens is 3. The van der Waals surface area contributed by atoms with Crippen LogP contribution in [0.3, 0.4) is 0 Å². The van der Waals surface area contributed by atoms with Gasteiger partial charge in [-0.25, -0.2) is 0 Å². The number of hydrogen-bond donors (Lipinski definition) is 6. The first-order chi connectivity index (χ1) is 19.3. The number of aromatic hydroxyl groups is 1. The molecule has 7 N–H and O–H groups in total. The van der Waals surface area contributed by atoms with Gasteiger partial charge in [0.15, 0.2) is 17.1 Å². The molecule has 1 aromatic carbocycles. The third-order valence-electron chi connectivity index (χ3n) is 8.74. The minimum atomic E-state index is -2.72. The van der Waals surface area contributed by atoms with Crippen molar-refractivity contribution in [3.05, 3.63) is 39.1 Å². The molecule has 0 aromatic heterocycles. The Labute approximate surface area is 265 Å². The van der Waals surface area contributed by atoms with Gasteiger partial charge in [0.1, 0.15) is 22.8 Å². The lowest BCUT2D eigenvalue weighted by molar-refractivity contribution is -0.153. The number of likely N-dealkylation sites (tertiary alicyclic amines) is 1. The molecular weight excluding hydrogens is 627 g/mol. The fourth-order valence-electron chi connectivity index (χ4n) is 6.88. The van der Waals surface area contributed by atoms with Gasteiger partial charge in [-0.15, -0.1) is 24.8 Å². The fourth-order valence-corrected chi connectivity index (χ4v) is 7.15. The summed E-state index contributed by atoms with van der Waals surface area (Å²) in [5, 5.41) is 47.8. The number of aliphatic hydroxyl groups excluding tert-OH is 2. The molecule has 0 bridgehead atoms. The number of primary amides is 1. The summed E-state index contributed by atoms with van der Waals surface area (Å²) in [6, 6.07) is 0.325. The maximum absolute atomic E-state index is 13.9. The van der Waals surface area contributed by atoms with Crippen molar-refractivity contribution in [3.63, 3.8) is 0 Å². The molecule has 1 aromatic rings. The van der Waals surface area contributed by atoms with Crippen molar-refractivity contribution in [2.75, 3.05) is 39.0 Å². The second-order valence-corrected chi connectivity index (χ2v) is 11.9. The number of nitrogens with one attached hydrogen (secondary N) is 1. The van der Waals surface area contributed by atoms with E-state index in [-0.39, 0.29) is 66.0 Å². The van der Waals surface area contributed by atoms with Gasteiger partial charge in [-0.3, -0.25) is 29.0 Å². The van der Waals surface area contributed by atoms with Crippen LogP contribution in [0.5, 0.6) is 5.75 Å². The van der Waals surface area contributed by atoms with Crippen LogP contribution in [0.25, 0.3) is 5.76 Å². The molecule has 1 saturated heterocycles. The summed E-state index contributed by atoms with van der Waals surface area (Å²) in [5.74, 6) is -7.87. The van der Waals surface area contributed by atoms with E-state index in [4.69, 9.17) is 17.3 Å². The van der Waals surface area contributed by atoms with E-state index in [9.17, 15) is 39.6 Å². The van der Waals surface area contributed by atoms with Gasteiger partial charge in [0, 0.05) is 11.5 Å². The minimum absolute atomic E-state index is 0. The zero-order chi connectivity index (χ0) is 30.0. The third kappa shape index (κ3) is 5.49. The van der Waals surface area contributed by atoms with Gasteiger partial charge in [0.2, 0.25) is 11.7 Å². The Morgan fingerprint density at radius 3 is 2.35 bits per heavy atom. The first-order valence-corrected chi connectivity index (χ1v) is 13.9. The van der Waals surface area contributed by atoms with E-state index >= 15 is 0 Å². The summed E-state index contributed by atoms with van der Waals surface area (Å²) >= 11 is 6.46. The molecule has 4 atom stereocenters.